The van der Waals surface area contributed by atoms with Crippen molar-refractivity contribution in [3.63, 3.8) is 0 Å². The van der Waals surface area contributed by atoms with Gasteiger partial charge in [-0.3, -0.25) is 10.1 Å². The second-order valence-electron chi connectivity index (χ2n) is 4.14. The highest BCUT2D eigenvalue weighted by Gasteiger charge is 2.31. The molecule has 0 radical (unpaired) electrons. The van der Waals surface area contributed by atoms with Gasteiger partial charge in [-0.15, -0.1) is 0 Å². The van der Waals surface area contributed by atoms with Crippen molar-refractivity contribution in [1.82, 2.24) is 5.32 Å². The average molecular weight is 266 g/mol. The highest BCUT2D eigenvalue weighted by atomic mass is 16.7. The molecule has 0 spiro atoms. The fourth-order valence-corrected chi connectivity index (χ4v) is 2.14. The number of hydrogen-bond acceptors (Lipinski definition) is 6. The van der Waals surface area contributed by atoms with E-state index < -0.39 is 17.1 Å². The van der Waals surface area contributed by atoms with Gasteiger partial charge < -0.3 is 19.5 Å². The van der Waals surface area contributed by atoms with Gasteiger partial charge in [0.2, 0.25) is 6.79 Å². The third-order valence-electron chi connectivity index (χ3n) is 3.03. The highest BCUT2D eigenvalue weighted by molar-refractivity contribution is 5.69. The lowest BCUT2D eigenvalue weighted by molar-refractivity contribution is -0.385. The summed E-state index contributed by atoms with van der Waals surface area (Å²) in [6.45, 7) is 0.262. The quantitative estimate of drug-likeness (QED) is 0.643. The minimum absolute atomic E-state index is 0.0378. The molecule has 2 heterocycles. The molecule has 1 aromatic carbocycles. The number of benzene rings is 1. The van der Waals surface area contributed by atoms with Crippen LogP contribution in [0, 0.1) is 10.1 Å². The number of alkyl carbamates (subject to hydrolysis) is 1. The zero-order valence-electron chi connectivity index (χ0n) is 9.75. The Kier molecular flexibility index (Phi) is 2.62. The Morgan fingerprint density at radius 1 is 1.26 bits per heavy atom. The molecule has 1 amide bonds. The summed E-state index contributed by atoms with van der Waals surface area (Å²) < 4.78 is 15.1. The summed E-state index contributed by atoms with van der Waals surface area (Å²) in [6.07, 6.45) is -0.116. The van der Waals surface area contributed by atoms with E-state index in [1.165, 1.54) is 12.1 Å². The molecule has 1 fully saturated rings. The number of hydrogen-bond donors (Lipinski definition) is 1. The van der Waals surface area contributed by atoms with Crippen LogP contribution in [-0.2, 0) is 4.74 Å². The van der Waals surface area contributed by atoms with Crippen LogP contribution in [0.4, 0.5) is 10.5 Å². The number of nitrogens with zero attached hydrogens (tertiary/aromatic N) is 1. The van der Waals surface area contributed by atoms with Gasteiger partial charge in [0.25, 0.3) is 5.69 Å². The maximum atomic E-state index is 11.2. The van der Waals surface area contributed by atoms with Crippen LogP contribution in [0.1, 0.15) is 18.0 Å². The number of carbonyl (C=O) groups is 1. The SMILES string of the molecule is O=C1N[C@@H](c2cc3c(cc2[N+](=O)[O-])OCO3)CCO1. The van der Waals surface area contributed by atoms with E-state index in [1.54, 1.807) is 0 Å². The normalized spacial score (nSPS) is 20.6. The van der Waals surface area contributed by atoms with Gasteiger partial charge in [-0.1, -0.05) is 0 Å². The monoisotopic (exact) mass is 266 g/mol. The molecule has 0 unspecified atom stereocenters. The van der Waals surface area contributed by atoms with Gasteiger partial charge in [0, 0.05) is 6.42 Å². The molecule has 2 aliphatic rings. The molecule has 8 heteroatoms. The lowest BCUT2D eigenvalue weighted by atomic mass is 10.0. The smallest absolute Gasteiger partial charge is 0.407 e. The number of rotatable bonds is 2. The molecule has 1 atom stereocenters. The summed E-state index contributed by atoms with van der Waals surface area (Å²) in [4.78, 5) is 21.8. The third kappa shape index (κ3) is 2.01. The Balaban J connectivity index is 2.03. The lowest BCUT2D eigenvalue weighted by Gasteiger charge is -2.23. The predicted molar refractivity (Wildman–Crippen MR) is 61.1 cm³/mol. The molecule has 0 saturated carbocycles. The summed E-state index contributed by atoms with van der Waals surface area (Å²) in [5.41, 5.74) is 0.294. The van der Waals surface area contributed by atoms with Gasteiger partial charge in [-0.05, 0) is 6.07 Å². The molecular formula is C11H10N2O6. The maximum absolute atomic E-state index is 11.2. The second-order valence-corrected chi connectivity index (χ2v) is 4.14. The van der Waals surface area contributed by atoms with Gasteiger partial charge in [0.15, 0.2) is 11.5 Å². The molecule has 1 aromatic rings. The molecule has 100 valence electrons. The average Bonchev–Trinajstić information content (AvgIpc) is 2.84. The van der Waals surface area contributed by atoms with Crippen LogP contribution in [0.15, 0.2) is 12.1 Å². The molecule has 1 N–H and O–H groups in total. The Hall–Kier alpha value is -2.51. The number of fused-ring (bicyclic) bond motifs is 1. The first-order chi connectivity index (χ1) is 9.15. The van der Waals surface area contributed by atoms with Crippen molar-refractivity contribution in [3.05, 3.63) is 27.8 Å². The zero-order valence-corrected chi connectivity index (χ0v) is 9.75. The number of nitro groups is 1. The number of cyclic esters (lactones) is 1. The van der Waals surface area contributed by atoms with Crippen LogP contribution in [0.3, 0.4) is 0 Å². The van der Waals surface area contributed by atoms with E-state index in [0.29, 0.717) is 23.5 Å². The molecule has 2 aliphatic heterocycles. The largest absolute Gasteiger partial charge is 0.454 e. The minimum Gasteiger partial charge on any atom is -0.454 e. The summed E-state index contributed by atoms with van der Waals surface area (Å²) >= 11 is 0. The fraction of sp³-hybridized carbons (Fsp3) is 0.364. The van der Waals surface area contributed by atoms with Crippen LogP contribution in [0.5, 0.6) is 11.5 Å². The van der Waals surface area contributed by atoms with Crippen molar-refractivity contribution in [2.24, 2.45) is 0 Å². The first-order valence-corrected chi connectivity index (χ1v) is 5.66. The van der Waals surface area contributed by atoms with Crippen LogP contribution in [0.2, 0.25) is 0 Å². The standard InChI is InChI=1S/C11H10N2O6/c14-11-12-7(1-2-17-11)6-3-9-10(19-5-18-9)4-8(6)13(15)16/h3-4,7H,1-2,5H2,(H,12,14)/t7-/m1/s1. The van der Waals surface area contributed by atoms with Gasteiger partial charge in [0.1, 0.15) is 0 Å². The molecule has 19 heavy (non-hydrogen) atoms. The van der Waals surface area contributed by atoms with Crippen LogP contribution >= 0.6 is 0 Å². The van der Waals surface area contributed by atoms with Crippen molar-refractivity contribution in [2.45, 2.75) is 12.5 Å². The summed E-state index contributed by atoms with van der Waals surface area (Å²) in [7, 11) is 0. The number of ether oxygens (including phenoxy) is 3. The summed E-state index contributed by atoms with van der Waals surface area (Å²) in [5, 5.41) is 13.7. The van der Waals surface area contributed by atoms with E-state index in [-0.39, 0.29) is 19.1 Å². The van der Waals surface area contributed by atoms with Crippen LogP contribution in [0.25, 0.3) is 0 Å². The van der Waals surface area contributed by atoms with Crippen LogP contribution < -0.4 is 14.8 Å². The Morgan fingerprint density at radius 3 is 2.68 bits per heavy atom. The predicted octanol–water partition coefficient (Wildman–Crippen LogP) is 1.49. The Labute approximate surface area is 107 Å². The van der Waals surface area contributed by atoms with E-state index >= 15 is 0 Å². The van der Waals surface area contributed by atoms with Crippen molar-refractivity contribution in [3.8, 4) is 11.5 Å². The molecule has 8 nitrogen and oxygen atoms in total. The van der Waals surface area contributed by atoms with E-state index in [0.717, 1.165) is 0 Å². The molecular weight excluding hydrogens is 256 g/mol. The second kappa shape index (κ2) is 4.30. The maximum Gasteiger partial charge on any atom is 0.407 e. The fourth-order valence-electron chi connectivity index (χ4n) is 2.14. The summed E-state index contributed by atoms with van der Waals surface area (Å²) in [6, 6.07) is 2.40. The van der Waals surface area contributed by atoms with Crippen molar-refractivity contribution in [2.75, 3.05) is 13.4 Å². The van der Waals surface area contributed by atoms with E-state index in [4.69, 9.17) is 14.2 Å². The number of amides is 1. The Morgan fingerprint density at radius 2 is 2.00 bits per heavy atom. The minimum atomic E-state index is -0.580. The molecule has 0 aromatic heterocycles. The lowest BCUT2D eigenvalue weighted by Crippen LogP contribution is -2.35. The van der Waals surface area contributed by atoms with Gasteiger partial charge >= 0.3 is 6.09 Å². The highest BCUT2D eigenvalue weighted by Crippen LogP contribution is 2.41. The molecule has 3 rings (SSSR count). The van der Waals surface area contributed by atoms with Crippen molar-refractivity contribution in [1.29, 1.82) is 0 Å². The van der Waals surface area contributed by atoms with Gasteiger partial charge in [-0.25, -0.2) is 4.79 Å². The van der Waals surface area contributed by atoms with Gasteiger partial charge in [-0.2, -0.15) is 0 Å². The van der Waals surface area contributed by atoms with E-state index in [9.17, 15) is 14.9 Å². The van der Waals surface area contributed by atoms with Gasteiger partial charge in [0.05, 0.1) is 29.2 Å². The van der Waals surface area contributed by atoms with E-state index in [2.05, 4.69) is 5.32 Å². The first-order valence-electron chi connectivity index (χ1n) is 5.66. The first kappa shape index (κ1) is 11.6. The number of nitrogens with one attached hydrogen (secondary N) is 1. The van der Waals surface area contributed by atoms with Crippen molar-refractivity contribution >= 4 is 11.8 Å². The topological polar surface area (TPSA) is 99.9 Å². The van der Waals surface area contributed by atoms with Crippen LogP contribution in [-0.4, -0.2) is 24.4 Å². The number of carbonyl (C=O) groups excluding carboxylic acids is 1. The van der Waals surface area contributed by atoms with E-state index in [1.807, 2.05) is 0 Å². The Bertz CT molecular complexity index is 558. The zero-order chi connectivity index (χ0) is 13.4. The third-order valence-corrected chi connectivity index (χ3v) is 3.03. The molecule has 0 bridgehead atoms. The molecule has 0 aliphatic carbocycles. The number of nitro benzene ring substituents is 1. The molecule has 1 saturated heterocycles. The summed E-state index contributed by atoms with van der Waals surface area (Å²) in [5.74, 6) is 0.787. The van der Waals surface area contributed by atoms with Crippen molar-refractivity contribution < 1.29 is 23.9 Å².